The molecular weight excluding hydrogens is 491 g/mol. The van der Waals surface area contributed by atoms with E-state index < -0.39 is 62.4 Å². The smallest absolute Gasteiger partial charge is 0.387 e. The number of rotatable bonds is 4. The molecule has 0 amide bonds. The second kappa shape index (κ2) is 11.3. The largest absolute Gasteiger partial charge is 0.469 e. The maximum absolute atomic E-state index is 11.3. The lowest BCUT2D eigenvalue weighted by Gasteiger charge is -2.61. The van der Waals surface area contributed by atoms with E-state index in [-0.39, 0.29) is 0 Å². The van der Waals surface area contributed by atoms with Gasteiger partial charge in [-0.05, 0) is 31.4 Å². The number of nitrogens with one attached hydrogen (secondary N) is 1. The van der Waals surface area contributed by atoms with Crippen LogP contribution >= 0.6 is 7.82 Å². The van der Waals surface area contributed by atoms with Crippen LogP contribution in [0.4, 0.5) is 0 Å². The number of phosphoric ester groups is 1. The summed E-state index contributed by atoms with van der Waals surface area (Å²) in [5.74, 6) is 0.674. The van der Waals surface area contributed by atoms with E-state index in [0.29, 0.717) is 18.8 Å². The zero-order valence-electron chi connectivity index (χ0n) is 21.0. The van der Waals surface area contributed by atoms with Gasteiger partial charge in [0.2, 0.25) is 0 Å². The fraction of sp³-hybridized carbons (Fsp3) is 0.917. The van der Waals surface area contributed by atoms with Gasteiger partial charge in [0.05, 0.1) is 12.1 Å². The first-order chi connectivity index (χ1) is 17.0. The Morgan fingerprint density at radius 2 is 1.67 bits per heavy atom. The molecule has 9 unspecified atom stereocenters. The van der Waals surface area contributed by atoms with Crippen LogP contribution in [-0.4, -0.2) is 84.3 Å². The molecule has 0 radical (unpaired) electrons. The molecule has 0 aromatic rings. The van der Waals surface area contributed by atoms with Gasteiger partial charge < -0.3 is 39.8 Å². The molecule has 1 aliphatic carbocycles. The van der Waals surface area contributed by atoms with Gasteiger partial charge >= 0.3 is 7.82 Å². The third-order valence-electron chi connectivity index (χ3n) is 8.75. The average molecular weight is 535 g/mol. The molecule has 0 aromatic heterocycles. The van der Waals surface area contributed by atoms with Gasteiger partial charge in [0.15, 0.2) is 6.23 Å². The van der Waals surface area contributed by atoms with Crippen molar-refractivity contribution in [1.82, 2.24) is 10.2 Å². The van der Waals surface area contributed by atoms with E-state index >= 15 is 0 Å². The third-order valence-corrected chi connectivity index (χ3v) is 9.24. The monoisotopic (exact) mass is 534 g/mol. The molecule has 9 atom stereocenters. The van der Waals surface area contributed by atoms with Gasteiger partial charge in [-0.3, -0.25) is 9.84 Å². The molecule has 4 rings (SSSR count). The summed E-state index contributed by atoms with van der Waals surface area (Å²) in [5.41, 5.74) is -1.50. The molecular formula is C24H43N2O9P. The van der Waals surface area contributed by atoms with Crippen molar-refractivity contribution in [2.24, 2.45) is 11.3 Å². The summed E-state index contributed by atoms with van der Waals surface area (Å²) in [6.45, 7) is 1.70. The van der Waals surface area contributed by atoms with Gasteiger partial charge in [0.1, 0.15) is 30.8 Å². The number of hydrogen-bond acceptors (Lipinski definition) is 9. The van der Waals surface area contributed by atoms with Crippen LogP contribution in [0.2, 0.25) is 0 Å². The Kier molecular flexibility index (Phi) is 8.89. The molecule has 1 saturated carbocycles. The first-order valence-electron chi connectivity index (χ1n) is 13.3. The molecule has 0 spiro atoms. The van der Waals surface area contributed by atoms with Crippen molar-refractivity contribution >= 4 is 7.82 Å². The number of aliphatic hydroxyl groups excluding tert-OH is 4. The summed E-state index contributed by atoms with van der Waals surface area (Å²) < 4.78 is 21.6. The quantitative estimate of drug-likeness (QED) is 0.259. The number of ether oxygens (including phenoxy) is 1. The first kappa shape index (κ1) is 28.4. The van der Waals surface area contributed by atoms with Crippen LogP contribution in [0.1, 0.15) is 77.6 Å². The molecule has 12 heteroatoms. The van der Waals surface area contributed by atoms with Gasteiger partial charge in [-0.2, -0.15) is 0 Å². The van der Waals surface area contributed by atoms with Gasteiger partial charge in [-0.1, -0.05) is 64.4 Å². The van der Waals surface area contributed by atoms with Crippen molar-refractivity contribution in [2.45, 2.75) is 120 Å². The number of aliphatic hydroxyl groups is 4. The Labute approximate surface area is 212 Å². The molecule has 4 aliphatic rings. The molecule has 3 fully saturated rings. The Hall–Kier alpha value is -0.590. The van der Waals surface area contributed by atoms with Crippen LogP contribution in [-0.2, 0) is 13.8 Å². The Morgan fingerprint density at radius 1 is 1.00 bits per heavy atom. The maximum atomic E-state index is 11.3. The molecule has 2 saturated heterocycles. The van der Waals surface area contributed by atoms with E-state index in [1.165, 1.54) is 6.42 Å². The van der Waals surface area contributed by atoms with E-state index in [4.69, 9.17) is 14.5 Å². The second-order valence-electron chi connectivity index (χ2n) is 11.3. The van der Waals surface area contributed by atoms with Crippen LogP contribution in [0.15, 0.2) is 12.3 Å². The highest BCUT2D eigenvalue weighted by Crippen LogP contribution is 2.52. The zero-order valence-corrected chi connectivity index (χ0v) is 21.9. The summed E-state index contributed by atoms with van der Waals surface area (Å²) in [6.07, 6.45) is 6.85. The van der Waals surface area contributed by atoms with E-state index in [0.717, 1.165) is 51.4 Å². The molecule has 36 heavy (non-hydrogen) atoms. The minimum atomic E-state index is -4.79. The second-order valence-corrected chi connectivity index (χ2v) is 12.6. The molecule has 3 aliphatic heterocycles. The van der Waals surface area contributed by atoms with Crippen molar-refractivity contribution in [3.8, 4) is 0 Å². The summed E-state index contributed by atoms with van der Waals surface area (Å²) in [5, 5.41) is 46.8. The predicted molar refractivity (Wildman–Crippen MR) is 130 cm³/mol. The Bertz CT molecular complexity index is 827. The van der Waals surface area contributed by atoms with E-state index in [2.05, 4.69) is 16.8 Å². The third kappa shape index (κ3) is 5.86. The maximum Gasteiger partial charge on any atom is 0.469 e. The van der Waals surface area contributed by atoms with Crippen LogP contribution in [0, 0.1) is 11.3 Å². The van der Waals surface area contributed by atoms with Crippen LogP contribution in [0.5, 0.6) is 0 Å². The highest BCUT2D eigenvalue weighted by atomic mass is 31.2. The topological polar surface area (TPSA) is 172 Å². The van der Waals surface area contributed by atoms with E-state index in [1.807, 2.05) is 6.08 Å². The Balaban J connectivity index is 1.62. The lowest BCUT2D eigenvalue weighted by atomic mass is 9.63. The number of nitrogens with zero attached hydrogens (tertiary/aromatic N) is 1. The van der Waals surface area contributed by atoms with E-state index in [9.17, 15) is 25.0 Å². The van der Waals surface area contributed by atoms with Crippen molar-refractivity contribution in [2.75, 3.05) is 6.61 Å². The summed E-state index contributed by atoms with van der Waals surface area (Å²) >= 11 is 0. The molecule has 11 nitrogen and oxygen atoms in total. The molecule has 7 N–H and O–H groups in total. The number of hydrogen-bond donors (Lipinski definition) is 7. The normalized spacial score (nSPS) is 44.9. The minimum absolute atomic E-state index is 0.453. The van der Waals surface area contributed by atoms with Gasteiger partial charge in [-0.15, -0.1) is 0 Å². The van der Waals surface area contributed by atoms with Crippen molar-refractivity contribution in [1.29, 1.82) is 0 Å². The summed E-state index contributed by atoms with van der Waals surface area (Å²) in [6, 6.07) is 0. The van der Waals surface area contributed by atoms with Crippen molar-refractivity contribution in [3.63, 3.8) is 0 Å². The van der Waals surface area contributed by atoms with Crippen molar-refractivity contribution in [3.05, 3.63) is 12.3 Å². The van der Waals surface area contributed by atoms with E-state index in [1.54, 1.807) is 11.1 Å². The molecule has 3 heterocycles. The SMILES string of the molecule is CC1CCCCCC23C=CN(C4OC(COP(=O)(O)O)C(O)C4O)C(CCCCC1)(C2)C(O)NC3O. The van der Waals surface area contributed by atoms with Crippen LogP contribution in [0.3, 0.4) is 0 Å². The summed E-state index contributed by atoms with van der Waals surface area (Å²) in [4.78, 5) is 19.8. The van der Waals surface area contributed by atoms with Crippen LogP contribution in [0.25, 0.3) is 0 Å². The fourth-order valence-electron chi connectivity index (χ4n) is 6.63. The van der Waals surface area contributed by atoms with Crippen molar-refractivity contribution < 1.29 is 44.0 Å². The molecule has 2 bridgehead atoms. The minimum Gasteiger partial charge on any atom is -0.387 e. The standard InChI is InChI=1S/C24H43N2O9P/c1-16-8-4-2-6-10-23-12-13-26(20-19(28)18(27)17(35-20)14-34-36(31,32)33)24(15-23,11-7-3-5-9-16)22(30)25-21(23)29/h12-13,16-22,25,27-30H,2-11,14-15H2,1H3,(H2,31,32,33). The molecule has 208 valence electrons. The highest BCUT2D eigenvalue weighted by molar-refractivity contribution is 7.46. The van der Waals surface area contributed by atoms with Gasteiger partial charge in [-0.25, -0.2) is 4.57 Å². The zero-order chi connectivity index (χ0) is 26.1. The van der Waals surface area contributed by atoms with Gasteiger partial charge in [0, 0.05) is 5.41 Å². The number of phosphoric acid groups is 1. The fourth-order valence-corrected chi connectivity index (χ4v) is 6.97. The highest BCUT2D eigenvalue weighted by Gasteiger charge is 2.61. The lowest BCUT2D eigenvalue weighted by Crippen LogP contribution is -2.74. The van der Waals surface area contributed by atoms with Crippen LogP contribution < -0.4 is 5.32 Å². The lowest BCUT2D eigenvalue weighted by molar-refractivity contribution is -0.207. The van der Waals surface area contributed by atoms with Gasteiger partial charge in [0.25, 0.3) is 0 Å². The molecule has 0 aromatic carbocycles. The Morgan fingerprint density at radius 3 is 2.33 bits per heavy atom. The number of piperidine rings is 1. The summed E-state index contributed by atoms with van der Waals surface area (Å²) in [7, 11) is -4.79. The predicted octanol–water partition coefficient (Wildman–Crippen LogP) is 1.28. The average Bonchev–Trinajstić information content (AvgIpc) is 3.09. The first-order valence-corrected chi connectivity index (χ1v) is 14.8.